The second kappa shape index (κ2) is 10.5. The average Bonchev–Trinajstić information content (AvgIpc) is 2.74. The van der Waals surface area contributed by atoms with Gasteiger partial charge in [0.25, 0.3) is 5.91 Å². The van der Waals surface area contributed by atoms with Crippen molar-refractivity contribution in [3.63, 3.8) is 0 Å². The molecule has 0 aliphatic heterocycles. The van der Waals surface area contributed by atoms with E-state index in [9.17, 15) is 9.59 Å². The molecule has 2 heterocycles. The van der Waals surface area contributed by atoms with E-state index < -0.39 is 17.6 Å². The lowest BCUT2D eigenvalue weighted by atomic mass is 9.90. The highest BCUT2D eigenvalue weighted by molar-refractivity contribution is 5.97. The van der Waals surface area contributed by atoms with Gasteiger partial charge in [-0.2, -0.15) is 0 Å². The second-order valence-electron chi connectivity index (χ2n) is 9.14. The van der Waals surface area contributed by atoms with Crippen LogP contribution in [0, 0.1) is 0 Å². The summed E-state index contributed by atoms with van der Waals surface area (Å²) in [5.41, 5.74) is 6.28. The molecule has 0 spiro atoms. The largest absolute Gasteiger partial charge is 0.444 e. The molecule has 1 aliphatic rings. The van der Waals surface area contributed by atoms with Crippen molar-refractivity contribution < 1.29 is 14.3 Å². The molecule has 2 aromatic heterocycles. The maximum Gasteiger partial charge on any atom is 0.407 e. The highest BCUT2D eigenvalue weighted by Gasteiger charge is 2.29. The number of nitrogens with zero attached hydrogens (tertiary/aromatic N) is 3. The summed E-state index contributed by atoms with van der Waals surface area (Å²) in [6.07, 6.45) is 4.05. The van der Waals surface area contributed by atoms with Gasteiger partial charge in [0.15, 0.2) is 11.5 Å². The number of aromatic nitrogens is 3. The standard InChI is InChI=1S/C23H33N7O3/c1-5-14-9-8-12-18(25-14)27-17-13-19(29-30-20(17)21(24)31)26-15-10-6-7-11-16(15)28-22(32)33-23(2,3)4/h8-9,12-13,15-16H,5-7,10-11H2,1-4H3,(H2,24,31)(H,28,32)(H2,25,26,27,29)/t15-,16+/m1/s1. The molecule has 0 radical (unpaired) electrons. The summed E-state index contributed by atoms with van der Waals surface area (Å²) in [6.45, 7) is 7.51. The van der Waals surface area contributed by atoms with Crippen molar-refractivity contribution >= 4 is 29.3 Å². The topological polar surface area (TPSA) is 144 Å². The van der Waals surface area contributed by atoms with Crippen LogP contribution in [-0.4, -0.2) is 44.9 Å². The molecule has 10 nitrogen and oxygen atoms in total. The lowest BCUT2D eigenvalue weighted by molar-refractivity contribution is 0.0488. The van der Waals surface area contributed by atoms with Crippen LogP contribution in [0.15, 0.2) is 24.3 Å². The number of amides is 2. The fraction of sp³-hybridized carbons (Fsp3) is 0.522. The van der Waals surface area contributed by atoms with E-state index in [0.717, 1.165) is 37.8 Å². The molecule has 0 aromatic carbocycles. The third kappa shape index (κ3) is 7.03. The number of alkyl carbamates (subject to hydrolysis) is 1. The minimum atomic E-state index is -0.690. The van der Waals surface area contributed by atoms with Crippen LogP contribution in [-0.2, 0) is 11.2 Å². The molecule has 2 amide bonds. The fourth-order valence-electron chi connectivity index (χ4n) is 3.75. The number of nitrogens with one attached hydrogen (secondary N) is 3. The minimum Gasteiger partial charge on any atom is -0.444 e. The number of anilines is 3. The normalized spacial score (nSPS) is 18.3. The number of primary amides is 1. The summed E-state index contributed by atoms with van der Waals surface area (Å²) < 4.78 is 5.41. The van der Waals surface area contributed by atoms with Crippen LogP contribution >= 0.6 is 0 Å². The molecular formula is C23H33N7O3. The molecule has 5 N–H and O–H groups in total. The molecule has 0 saturated heterocycles. The summed E-state index contributed by atoms with van der Waals surface area (Å²) in [6, 6.07) is 7.13. The number of carbonyl (C=O) groups is 2. The number of hydrogen-bond acceptors (Lipinski definition) is 8. The number of aryl methyl sites for hydroxylation is 1. The number of nitrogens with two attached hydrogens (primary N) is 1. The molecule has 1 saturated carbocycles. The predicted molar refractivity (Wildman–Crippen MR) is 126 cm³/mol. The first kappa shape index (κ1) is 24.2. The van der Waals surface area contributed by atoms with Gasteiger partial charge in [-0.15, -0.1) is 10.2 Å². The van der Waals surface area contributed by atoms with E-state index in [2.05, 4.69) is 31.1 Å². The molecule has 33 heavy (non-hydrogen) atoms. The first-order valence-electron chi connectivity index (χ1n) is 11.3. The first-order chi connectivity index (χ1) is 15.6. The lowest BCUT2D eigenvalue weighted by Crippen LogP contribution is -2.49. The van der Waals surface area contributed by atoms with Crippen LogP contribution in [0.3, 0.4) is 0 Å². The summed E-state index contributed by atoms with van der Waals surface area (Å²) in [7, 11) is 0. The Morgan fingerprint density at radius 3 is 2.52 bits per heavy atom. The van der Waals surface area contributed by atoms with Crippen molar-refractivity contribution in [2.24, 2.45) is 5.73 Å². The molecule has 2 atom stereocenters. The zero-order valence-electron chi connectivity index (χ0n) is 19.6. The van der Waals surface area contributed by atoms with Crippen molar-refractivity contribution in [2.45, 2.75) is 77.5 Å². The average molecular weight is 456 g/mol. The Morgan fingerprint density at radius 2 is 1.85 bits per heavy atom. The van der Waals surface area contributed by atoms with E-state index in [-0.39, 0.29) is 17.8 Å². The molecule has 1 fully saturated rings. The molecular weight excluding hydrogens is 422 g/mol. The molecule has 3 rings (SSSR count). The summed E-state index contributed by atoms with van der Waals surface area (Å²) in [5.74, 6) is 0.361. The van der Waals surface area contributed by atoms with Crippen molar-refractivity contribution in [2.75, 3.05) is 10.6 Å². The van der Waals surface area contributed by atoms with Gasteiger partial charge in [-0.1, -0.05) is 25.8 Å². The second-order valence-corrected chi connectivity index (χ2v) is 9.14. The van der Waals surface area contributed by atoms with Gasteiger partial charge < -0.3 is 26.4 Å². The quantitative estimate of drug-likeness (QED) is 0.496. The number of rotatable bonds is 7. The Bertz CT molecular complexity index is 990. The predicted octanol–water partition coefficient (Wildman–Crippen LogP) is 3.52. The first-order valence-corrected chi connectivity index (χ1v) is 11.3. The van der Waals surface area contributed by atoms with E-state index in [4.69, 9.17) is 10.5 Å². The van der Waals surface area contributed by atoms with Gasteiger partial charge in [0.2, 0.25) is 0 Å². The fourth-order valence-corrected chi connectivity index (χ4v) is 3.75. The number of pyridine rings is 1. The monoisotopic (exact) mass is 455 g/mol. The van der Waals surface area contributed by atoms with Gasteiger partial charge in [0.05, 0.1) is 11.7 Å². The van der Waals surface area contributed by atoms with Crippen LogP contribution in [0.1, 0.15) is 69.6 Å². The van der Waals surface area contributed by atoms with E-state index in [1.165, 1.54) is 0 Å². The van der Waals surface area contributed by atoms with Crippen LogP contribution in [0.5, 0.6) is 0 Å². The number of ether oxygens (including phenoxy) is 1. The maximum atomic E-state index is 12.3. The van der Waals surface area contributed by atoms with Crippen LogP contribution in [0.4, 0.5) is 22.1 Å². The Balaban J connectivity index is 1.78. The van der Waals surface area contributed by atoms with Gasteiger partial charge in [0, 0.05) is 17.8 Å². The number of hydrogen-bond donors (Lipinski definition) is 4. The van der Waals surface area contributed by atoms with Crippen molar-refractivity contribution in [3.8, 4) is 0 Å². The molecule has 0 unspecified atom stereocenters. The van der Waals surface area contributed by atoms with Crippen LogP contribution in [0.25, 0.3) is 0 Å². The highest BCUT2D eigenvalue weighted by atomic mass is 16.6. The van der Waals surface area contributed by atoms with Gasteiger partial charge in [0.1, 0.15) is 11.4 Å². The van der Waals surface area contributed by atoms with Gasteiger partial charge in [-0.3, -0.25) is 4.79 Å². The van der Waals surface area contributed by atoms with E-state index in [1.54, 1.807) is 12.1 Å². The lowest BCUT2D eigenvalue weighted by Gasteiger charge is -2.33. The van der Waals surface area contributed by atoms with Crippen LogP contribution in [0.2, 0.25) is 0 Å². The SMILES string of the molecule is CCc1cccc(Nc2cc(N[C@@H]3CCCC[C@@H]3NC(=O)OC(C)(C)C)nnc2C(N)=O)n1. The Kier molecular flexibility index (Phi) is 7.67. The van der Waals surface area contributed by atoms with Crippen molar-refractivity contribution in [1.82, 2.24) is 20.5 Å². The van der Waals surface area contributed by atoms with Crippen LogP contribution < -0.4 is 21.7 Å². The zero-order chi connectivity index (χ0) is 24.0. The molecule has 0 bridgehead atoms. The molecule has 10 heteroatoms. The zero-order valence-corrected chi connectivity index (χ0v) is 19.6. The maximum absolute atomic E-state index is 12.3. The van der Waals surface area contributed by atoms with Crippen molar-refractivity contribution in [1.29, 1.82) is 0 Å². The Morgan fingerprint density at radius 1 is 1.12 bits per heavy atom. The van der Waals surface area contributed by atoms with E-state index >= 15 is 0 Å². The Hall–Kier alpha value is -3.43. The highest BCUT2D eigenvalue weighted by Crippen LogP contribution is 2.25. The van der Waals surface area contributed by atoms with E-state index in [0.29, 0.717) is 17.3 Å². The van der Waals surface area contributed by atoms with Gasteiger partial charge >= 0.3 is 6.09 Å². The third-order valence-corrected chi connectivity index (χ3v) is 5.26. The smallest absolute Gasteiger partial charge is 0.407 e. The molecule has 1 aliphatic carbocycles. The van der Waals surface area contributed by atoms with Gasteiger partial charge in [-0.05, 0) is 52.2 Å². The summed E-state index contributed by atoms with van der Waals surface area (Å²) in [4.78, 5) is 28.7. The van der Waals surface area contributed by atoms with Crippen molar-refractivity contribution in [3.05, 3.63) is 35.7 Å². The third-order valence-electron chi connectivity index (χ3n) is 5.26. The molecule has 178 valence electrons. The molecule has 2 aromatic rings. The Labute approximate surface area is 194 Å². The summed E-state index contributed by atoms with van der Waals surface area (Å²) >= 11 is 0. The summed E-state index contributed by atoms with van der Waals surface area (Å²) in [5, 5.41) is 17.6. The van der Waals surface area contributed by atoms with E-state index in [1.807, 2.05) is 39.8 Å². The minimum absolute atomic E-state index is 0.0244. The van der Waals surface area contributed by atoms with Gasteiger partial charge in [-0.25, -0.2) is 9.78 Å². The number of carbonyl (C=O) groups excluding carboxylic acids is 2.